The molecule has 0 aliphatic rings. The van der Waals surface area contributed by atoms with E-state index in [0.29, 0.717) is 12.1 Å². The lowest BCUT2D eigenvalue weighted by atomic mass is 10.2. The van der Waals surface area contributed by atoms with Crippen LogP contribution >= 0.6 is 0 Å². The number of carbonyl (C=O) groups excluding carboxylic acids is 2. The smallest absolute Gasteiger partial charge is 0.241 e. The van der Waals surface area contributed by atoms with Crippen LogP contribution in [0.3, 0.4) is 0 Å². The van der Waals surface area contributed by atoms with Crippen molar-refractivity contribution in [3.05, 3.63) is 36.7 Å². The normalized spacial score (nSPS) is 11.5. The molecule has 1 rings (SSSR count). The number of nitrogens with one attached hydrogen (secondary N) is 2. The number of amides is 2. The Bertz CT molecular complexity index is 503. The summed E-state index contributed by atoms with van der Waals surface area (Å²) in [5.74, 6) is -1.40. The minimum atomic E-state index is -0.790. The molecule has 4 N–H and O–H groups in total. The van der Waals surface area contributed by atoms with Crippen molar-refractivity contribution < 1.29 is 14.0 Å². The maximum Gasteiger partial charge on any atom is 0.241 e. The molecule has 0 fully saturated rings. The Labute approximate surface area is 110 Å². The Morgan fingerprint density at radius 3 is 2.74 bits per heavy atom. The predicted molar refractivity (Wildman–Crippen MR) is 72.1 cm³/mol. The first-order valence-electron chi connectivity index (χ1n) is 5.68. The minimum Gasteiger partial charge on any atom is -0.326 e. The van der Waals surface area contributed by atoms with E-state index in [-0.39, 0.29) is 11.6 Å². The van der Waals surface area contributed by atoms with Gasteiger partial charge in [-0.3, -0.25) is 9.59 Å². The number of carbonyl (C=O) groups is 2. The van der Waals surface area contributed by atoms with Crippen LogP contribution in [0.4, 0.5) is 15.8 Å². The van der Waals surface area contributed by atoms with Gasteiger partial charge in [0.25, 0.3) is 0 Å². The molecule has 0 bridgehead atoms. The average molecular weight is 265 g/mol. The van der Waals surface area contributed by atoms with Crippen LogP contribution in [0.2, 0.25) is 0 Å². The number of halogens is 1. The molecule has 1 unspecified atom stereocenters. The number of nitrogens with two attached hydrogens (primary N) is 1. The molecule has 0 heterocycles. The van der Waals surface area contributed by atoms with Gasteiger partial charge in [-0.05, 0) is 24.6 Å². The van der Waals surface area contributed by atoms with Crippen LogP contribution in [0.15, 0.2) is 30.9 Å². The maximum atomic E-state index is 13.5. The van der Waals surface area contributed by atoms with Gasteiger partial charge in [0.05, 0.1) is 11.7 Å². The lowest BCUT2D eigenvalue weighted by molar-refractivity contribution is -0.117. The third kappa shape index (κ3) is 4.51. The molecule has 5 nitrogen and oxygen atoms in total. The predicted octanol–water partition coefficient (Wildman–Crippen LogP) is 1.63. The van der Waals surface area contributed by atoms with Crippen molar-refractivity contribution in [3.8, 4) is 0 Å². The summed E-state index contributed by atoms with van der Waals surface area (Å²) in [6, 6.07) is 3.09. The summed E-state index contributed by atoms with van der Waals surface area (Å²) in [6.07, 6.45) is 1.80. The van der Waals surface area contributed by atoms with Crippen LogP contribution < -0.4 is 16.4 Å². The van der Waals surface area contributed by atoms with Gasteiger partial charge in [0.2, 0.25) is 11.8 Å². The van der Waals surface area contributed by atoms with E-state index in [1.54, 1.807) is 0 Å². The van der Waals surface area contributed by atoms with E-state index in [2.05, 4.69) is 17.2 Å². The van der Waals surface area contributed by atoms with E-state index in [1.807, 2.05) is 0 Å². The van der Waals surface area contributed by atoms with E-state index in [0.717, 1.165) is 6.07 Å². The summed E-state index contributed by atoms with van der Waals surface area (Å²) in [7, 11) is 0. The quantitative estimate of drug-likeness (QED) is 0.707. The molecule has 19 heavy (non-hydrogen) atoms. The van der Waals surface area contributed by atoms with Gasteiger partial charge in [0, 0.05) is 12.6 Å². The largest absolute Gasteiger partial charge is 0.326 e. The summed E-state index contributed by atoms with van der Waals surface area (Å²) in [4.78, 5) is 22.6. The molecule has 2 amide bonds. The van der Waals surface area contributed by atoms with E-state index in [9.17, 15) is 14.0 Å². The monoisotopic (exact) mass is 265 g/mol. The molecule has 1 aromatic carbocycles. The highest BCUT2D eigenvalue weighted by molar-refractivity contribution is 5.96. The van der Waals surface area contributed by atoms with Crippen LogP contribution in [0.1, 0.15) is 13.3 Å². The molecule has 6 heteroatoms. The summed E-state index contributed by atoms with van der Waals surface area (Å²) in [5, 5.41) is 4.87. The molecule has 0 aliphatic carbocycles. The lowest BCUT2D eigenvalue weighted by Gasteiger charge is -2.12. The fourth-order valence-electron chi connectivity index (χ4n) is 1.41. The van der Waals surface area contributed by atoms with Crippen molar-refractivity contribution in [1.29, 1.82) is 0 Å². The Balaban J connectivity index is 2.84. The molecule has 1 atom stereocenters. The zero-order valence-electron chi connectivity index (χ0n) is 10.6. The number of rotatable bonds is 5. The van der Waals surface area contributed by atoms with Crippen molar-refractivity contribution in [3.63, 3.8) is 0 Å². The molecule has 0 radical (unpaired) electrons. The van der Waals surface area contributed by atoms with E-state index < -0.39 is 17.8 Å². The highest BCUT2D eigenvalue weighted by Crippen LogP contribution is 2.19. The highest BCUT2D eigenvalue weighted by Gasteiger charge is 2.14. The van der Waals surface area contributed by atoms with Crippen LogP contribution in [-0.2, 0) is 9.59 Å². The van der Waals surface area contributed by atoms with Crippen molar-refractivity contribution in [2.75, 3.05) is 10.6 Å². The van der Waals surface area contributed by atoms with Crippen molar-refractivity contribution in [2.45, 2.75) is 19.4 Å². The molecular formula is C13H16FN3O2. The SMILES string of the molecule is C=CCC(N)C(=O)Nc1cc(NC(C)=O)ccc1F. The van der Waals surface area contributed by atoms with Gasteiger partial charge in [-0.2, -0.15) is 0 Å². The average Bonchev–Trinajstić information content (AvgIpc) is 2.33. The molecule has 0 saturated carbocycles. The molecule has 0 aromatic heterocycles. The summed E-state index contributed by atoms with van der Waals surface area (Å²) < 4.78 is 13.5. The Hall–Kier alpha value is -2.21. The number of hydrogen-bond acceptors (Lipinski definition) is 3. The molecule has 0 saturated heterocycles. The molecule has 0 aliphatic heterocycles. The van der Waals surface area contributed by atoms with Gasteiger partial charge in [0.1, 0.15) is 5.82 Å². The summed E-state index contributed by atoms with van der Waals surface area (Å²) >= 11 is 0. The second-order valence-electron chi connectivity index (χ2n) is 4.00. The van der Waals surface area contributed by atoms with Crippen molar-refractivity contribution in [1.82, 2.24) is 0 Å². The van der Waals surface area contributed by atoms with Crippen molar-refractivity contribution in [2.24, 2.45) is 5.73 Å². The van der Waals surface area contributed by atoms with Gasteiger partial charge >= 0.3 is 0 Å². The number of benzene rings is 1. The minimum absolute atomic E-state index is 0.0317. The first-order chi connectivity index (χ1) is 8.93. The van der Waals surface area contributed by atoms with Crippen LogP contribution in [0.5, 0.6) is 0 Å². The summed E-state index contributed by atoms with van der Waals surface area (Å²) in [5.41, 5.74) is 5.93. The third-order valence-corrected chi connectivity index (χ3v) is 2.30. The Morgan fingerprint density at radius 1 is 1.47 bits per heavy atom. The van der Waals surface area contributed by atoms with Gasteiger partial charge in [-0.25, -0.2) is 4.39 Å². The van der Waals surface area contributed by atoms with Crippen LogP contribution in [-0.4, -0.2) is 17.9 Å². The zero-order chi connectivity index (χ0) is 14.4. The topological polar surface area (TPSA) is 84.2 Å². The van der Waals surface area contributed by atoms with E-state index >= 15 is 0 Å². The van der Waals surface area contributed by atoms with Crippen LogP contribution in [0, 0.1) is 5.82 Å². The van der Waals surface area contributed by atoms with Crippen LogP contribution in [0.25, 0.3) is 0 Å². The van der Waals surface area contributed by atoms with Gasteiger partial charge < -0.3 is 16.4 Å². The lowest BCUT2D eigenvalue weighted by Crippen LogP contribution is -2.35. The molecule has 1 aromatic rings. The molecule has 0 spiro atoms. The second kappa shape index (κ2) is 6.65. The Morgan fingerprint density at radius 2 is 2.16 bits per heavy atom. The fourth-order valence-corrected chi connectivity index (χ4v) is 1.41. The zero-order valence-corrected chi connectivity index (χ0v) is 10.6. The third-order valence-electron chi connectivity index (χ3n) is 2.30. The number of hydrogen-bond donors (Lipinski definition) is 3. The van der Waals surface area contributed by atoms with Gasteiger partial charge in [-0.15, -0.1) is 6.58 Å². The highest BCUT2D eigenvalue weighted by atomic mass is 19.1. The maximum absolute atomic E-state index is 13.5. The molecular weight excluding hydrogens is 249 g/mol. The first-order valence-corrected chi connectivity index (χ1v) is 5.68. The van der Waals surface area contributed by atoms with E-state index in [4.69, 9.17) is 5.73 Å². The first kappa shape index (κ1) is 14.8. The number of anilines is 2. The summed E-state index contributed by atoms with van der Waals surface area (Å²) in [6.45, 7) is 4.81. The second-order valence-corrected chi connectivity index (χ2v) is 4.00. The van der Waals surface area contributed by atoms with Crippen molar-refractivity contribution >= 4 is 23.2 Å². The molecule has 102 valence electrons. The van der Waals surface area contributed by atoms with E-state index in [1.165, 1.54) is 25.1 Å². The van der Waals surface area contributed by atoms with Gasteiger partial charge in [-0.1, -0.05) is 6.08 Å². The Kier molecular flexibility index (Phi) is 5.20. The fraction of sp³-hybridized carbons (Fsp3) is 0.231. The van der Waals surface area contributed by atoms with Gasteiger partial charge in [0.15, 0.2) is 0 Å². The standard InChI is InChI=1S/C13H16FN3O2/c1-3-4-11(15)13(19)17-12-7-9(16-8(2)18)5-6-10(12)14/h3,5-7,11H,1,4,15H2,2H3,(H,16,18)(H,17,19).